The van der Waals surface area contributed by atoms with Crippen molar-refractivity contribution in [1.29, 1.82) is 0 Å². The molecule has 0 amide bonds. The first-order valence-corrected chi connectivity index (χ1v) is 36.4. The number of aromatic amines is 1. The van der Waals surface area contributed by atoms with Crippen molar-refractivity contribution >= 4 is 81.6 Å². The summed E-state index contributed by atoms with van der Waals surface area (Å²) in [5.41, 5.74) is 0.909. The van der Waals surface area contributed by atoms with Gasteiger partial charge in [0.2, 0.25) is 5.79 Å². The molecular weight excluding hydrogens is 1150 g/mol. The molecule has 19 atom stereocenters. The number of aliphatic hydroxyl groups excluding tert-OH is 3. The van der Waals surface area contributed by atoms with Crippen LogP contribution in [0.2, 0.25) is 0 Å². The molecule has 0 radical (unpaired) electrons. The Kier molecular flexibility index (Phi) is 14.2. The average Bonchev–Trinajstić information content (AvgIpc) is 1.55. The number of phenolic OH excluding ortho intramolecular Hbond substituents is 1. The van der Waals surface area contributed by atoms with Gasteiger partial charge in [-0.15, -0.1) is 0 Å². The molecular formula is C68H79N3O10S4. The van der Waals surface area contributed by atoms with E-state index in [1.165, 1.54) is 30.4 Å². The van der Waals surface area contributed by atoms with Gasteiger partial charge in [-0.25, -0.2) is 4.79 Å². The fraction of sp³-hybridized carbons (Fsp3) is 0.574. The van der Waals surface area contributed by atoms with Crippen LogP contribution in [-0.4, -0.2) is 132 Å². The van der Waals surface area contributed by atoms with E-state index in [-0.39, 0.29) is 62.8 Å². The highest BCUT2D eigenvalue weighted by Crippen LogP contribution is 2.78. The SMILES string of the molecule is CNC1CSSC2CSSC(CNCCC3(c4ccccc4)CCCCC3)C3CC4C5CC1C(O)C1(CCC6CCC7CC2c2cc(O)ccc2C671)C5OC1C(C(=O)Oc2c(CO)[nH]c5ccc6cc7ccccc7cc6c25)OC(O)(C3O)C41O. The van der Waals surface area contributed by atoms with Gasteiger partial charge in [0, 0.05) is 63.2 Å². The number of H-pyrrole nitrogens is 1. The first kappa shape index (κ1) is 56.7. The maximum atomic E-state index is 15.9. The lowest BCUT2D eigenvalue weighted by atomic mass is 9.40. The van der Waals surface area contributed by atoms with E-state index in [9.17, 15) is 30.6 Å². The van der Waals surface area contributed by atoms with Crippen molar-refractivity contribution in [3.63, 3.8) is 0 Å². The van der Waals surface area contributed by atoms with Crippen LogP contribution in [0.3, 0.4) is 0 Å². The van der Waals surface area contributed by atoms with Gasteiger partial charge in [-0.1, -0.05) is 129 Å². The molecule has 13 nitrogen and oxygen atoms in total. The summed E-state index contributed by atoms with van der Waals surface area (Å²) >= 11 is 0. The van der Waals surface area contributed by atoms with Gasteiger partial charge in [-0.05, 0) is 175 Å². The largest absolute Gasteiger partial charge is 0.508 e. The van der Waals surface area contributed by atoms with Crippen LogP contribution in [0.25, 0.3) is 32.4 Å². The van der Waals surface area contributed by atoms with E-state index in [1.54, 1.807) is 10.8 Å². The van der Waals surface area contributed by atoms with Crippen LogP contribution >= 0.6 is 43.2 Å². The second-order valence-electron chi connectivity index (χ2n) is 27.3. The van der Waals surface area contributed by atoms with Crippen molar-refractivity contribution in [2.24, 2.45) is 40.9 Å². The fourth-order valence-corrected chi connectivity index (χ4v) is 27.7. The van der Waals surface area contributed by atoms with Gasteiger partial charge in [0.25, 0.3) is 0 Å². The van der Waals surface area contributed by atoms with Crippen molar-refractivity contribution in [1.82, 2.24) is 15.6 Å². The van der Waals surface area contributed by atoms with Gasteiger partial charge in [0.05, 0.1) is 35.4 Å². The minimum Gasteiger partial charge on any atom is -0.508 e. The van der Waals surface area contributed by atoms with E-state index >= 15 is 4.79 Å². The van der Waals surface area contributed by atoms with E-state index in [0.29, 0.717) is 36.7 Å². The molecule has 85 heavy (non-hydrogen) atoms. The molecule has 6 aromatic rings. The lowest BCUT2D eigenvalue weighted by Gasteiger charge is -2.69. The molecule has 450 valence electrons. The number of nitrogens with one attached hydrogen (secondary N) is 3. The number of fused-ring (bicyclic) bond motifs is 4. The summed E-state index contributed by atoms with van der Waals surface area (Å²) in [4.78, 5) is 19.2. The highest BCUT2D eigenvalue weighted by atomic mass is 33.1. The molecule has 13 aliphatic rings. The van der Waals surface area contributed by atoms with Crippen molar-refractivity contribution in [3.05, 3.63) is 119 Å². The summed E-state index contributed by atoms with van der Waals surface area (Å²) < 4.78 is 21.4. The molecule has 19 rings (SSSR count). The van der Waals surface area contributed by atoms with Gasteiger partial charge in [-0.2, -0.15) is 0 Å². The number of benzene rings is 5. The Labute approximate surface area is 512 Å². The number of esters is 1. The number of aliphatic hydroxyl groups is 5. The van der Waals surface area contributed by atoms with Crippen molar-refractivity contribution < 1.29 is 49.6 Å². The van der Waals surface area contributed by atoms with Crippen LogP contribution in [0.4, 0.5) is 0 Å². The van der Waals surface area contributed by atoms with E-state index in [2.05, 4.69) is 70.2 Å². The molecule has 6 aliphatic carbocycles. The molecule has 5 saturated carbocycles. The number of rotatable bonds is 10. The molecule has 2 spiro atoms. The molecule has 8 heterocycles. The topological polar surface area (TPSA) is 206 Å². The number of carbonyl (C=O) groups is 1. The highest BCUT2D eigenvalue weighted by molar-refractivity contribution is 8.78. The predicted molar refractivity (Wildman–Crippen MR) is 338 cm³/mol. The Morgan fingerprint density at radius 3 is 2.39 bits per heavy atom. The fourth-order valence-electron chi connectivity index (χ4n) is 20.7. The number of ether oxygens (including phenoxy) is 3. The predicted octanol–water partition coefficient (Wildman–Crippen LogP) is 10.4. The molecule has 10 fully saturated rings. The number of aromatic nitrogens is 1. The molecule has 9 bridgehead atoms. The van der Waals surface area contributed by atoms with Gasteiger partial charge < -0.3 is 60.5 Å². The molecule has 5 aromatic carbocycles. The summed E-state index contributed by atoms with van der Waals surface area (Å²) in [5.74, 6) is -3.38. The van der Waals surface area contributed by atoms with Crippen LogP contribution in [0.5, 0.6) is 11.5 Å². The lowest BCUT2D eigenvalue weighted by Crippen LogP contribution is -2.80. The van der Waals surface area contributed by atoms with Crippen molar-refractivity contribution in [3.8, 4) is 11.5 Å². The molecule has 17 heteroatoms. The van der Waals surface area contributed by atoms with Gasteiger partial charge >= 0.3 is 5.97 Å². The summed E-state index contributed by atoms with van der Waals surface area (Å²) in [7, 11) is 9.40. The molecule has 5 saturated heterocycles. The summed E-state index contributed by atoms with van der Waals surface area (Å²) in [6.45, 7) is 0.798. The van der Waals surface area contributed by atoms with E-state index < -0.39 is 83.1 Å². The summed E-state index contributed by atoms with van der Waals surface area (Å²) in [6, 6.07) is 33.1. The highest BCUT2D eigenvalue weighted by Gasteiger charge is 2.84. The summed E-state index contributed by atoms with van der Waals surface area (Å²) in [5, 5.41) is 90.3. The van der Waals surface area contributed by atoms with Crippen LogP contribution in [-0.2, 0) is 31.7 Å². The van der Waals surface area contributed by atoms with Crippen LogP contribution in [0, 0.1) is 40.9 Å². The lowest BCUT2D eigenvalue weighted by molar-refractivity contribution is -0.381. The minimum atomic E-state index is -2.69. The van der Waals surface area contributed by atoms with E-state index in [1.807, 2.05) is 81.9 Å². The van der Waals surface area contributed by atoms with Gasteiger partial charge in [0.1, 0.15) is 18.0 Å². The zero-order valence-corrected chi connectivity index (χ0v) is 51.3. The average molecular weight is 1230 g/mol. The van der Waals surface area contributed by atoms with Crippen molar-refractivity contribution in [2.75, 3.05) is 31.6 Å². The first-order chi connectivity index (χ1) is 41.4. The number of aromatic hydroxyl groups is 1. The summed E-state index contributed by atoms with van der Waals surface area (Å²) in [6.07, 6.45) is 5.53. The molecule has 7 aliphatic heterocycles. The minimum absolute atomic E-state index is 0.0598. The second kappa shape index (κ2) is 21.3. The van der Waals surface area contributed by atoms with E-state index in [0.717, 1.165) is 90.1 Å². The number of hydrogen-bond donors (Lipinski definition) is 9. The Bertz CT molecular complexity index is 3570. The quantitative estimate of drug-likeness (QED) is 0.0271. The first-order valence-electron chi connectivity index (χ1n) is 31.6. The molecule has 19 unspecified atom stereocenters. The van der Waals surface area contributed by atoms with Gasteiger partial charge in [-0.3, -0.25) is 0 Å². The zero-order valence-electron chi connectivity index (χ0n) is 48.1. The third kappa shape index (κ3) is 8.09. The second-order valence-corrected chi connectivity index (χ2v) is 32.6. The van der Waals surface area contributed by atoms with Crippen LogP contribution in [0.1, 0.15) is 112 Å². The zero-order chi connectivity index (χ0) is 57.8. The van der Waals surface area contributed by atoms with E-state index in [4.69, 9.17) is 14.2 Å². The Morgan fingerprint density at radius 1 is 0.788 bits per heavy atom. The third-order valence-electron chi connectivity index (χ3n) is 24.2. The number of carbonyl (C=O) groups excluding carboxylic acids is 1. The normalized spacial score (nSPS) is 40.4. The molecule has 9 N–H and O–H groups in total. The smallest absolute Gasteiger partial charge is 0.343 e. The Morgan fingerprint density at radius 2 is 1.58 bits per heavy atom. The maximum Gasteiger partial charge on any atom is 0.343 e. The Hall–Kier alpha value is -3.53. The maximum absolute atomic E-state index is 15.9. The monoisotopic (exact) mass is 1230 g/mol. The van der Waals surface area contributed by atoms with Crippen LogP contribution < -0.4 is 15.4 Å². The number of hydrogen-bond acceptors (Lipinski definition) is 16. The molecule has 1 aromatic heterocycles. The Balaban J connectivity index is 0.858. The van der Waals surface area contributed by atoms with Gasteiger partial charge in [0.15, 0.2) is 17.5 Å². The van der Waals surface area contributed by atoms with Crippen LogP contribution in [0.15, 0.2) is 97.1 Å². The number of phenols is 1. The third-order valence-corrected chi connectivity index (χ3v) is 30.3. The van der Waals surface area contributed by atoms with Crippen molar-refractivity contribution in [2.45, 2.75) is 165 Å². The standard InChI is InChI=1S/C68H79N3O10S4/c1-69-53-34-82-85-55-35-83-84-54(32-70-25-24-64(21-8-3-9-22-64)39-12-4-2-5-13-39)48-31-50-46-30-47(53)59(74)65(23-20-40-15-16-41-28-45(55)44-29-42(73)17-18-49(44)66(40,41)65)61(46)80-62-58(81-68(78,60(48)75)67(50,62)77)63(76)79-57-52(33-72)71-51-19-14-38-26-36-10-6-7-11-37(36)27-43(38)56(51)57/h2,4-7,10-14,17-19,26-27,29,40-41,45-48,50,53-55,58-62,69-75,77-78H,3,8-9,15-16,20-25,28,30-35H2,1H3.